The Morgan fingerprint density at radius 2 is 1.41 bits per heavy atom. The summed E-state index contributed by atoms with van der Waals surface area (Å²) >= 11 is 5.60. The van der Waals surface area contributed by atoms with Crippen LogP contribution >= 0.6 is 11.6 Å². The van der Waals surface area contributed by atoms with Crippen molar-refractivity contribution in [3.8, 4) is 11.5 Å². The summed E-state index contributed by atoms with van der Waals surface area (Å²) in [6, 6.07) is 15.6. The van der Waals surface area contributed by atoms with Crippen LogP contribution in [0, 0.1) is 6.92 Å². The second kappa shape index (κ2) is 11.7. The van der Waals surface area contributed by atoms with E-state index < -0.39 is 12.2 Å². The van der Waals surface area contributed by atoms with Crippen molar-refractivity contribution < 1.29 is 24.8 Å². The topological polar surface area (TPSA) is 110 Å². The van der Waals surface area contributed by atoms with Gasteiger partial charge in [0.1, 0.15) is 36.9 Å². The lowest BCUT2D eigenvalue weighted by Gasteiger charge is -2.26. The molecule has 184 valence electrons. The van der Waals surface area contributed by atoms with E-state index >= 15 is 0 Å². The summed E-state index contributed by atoms with van der Waals surface area (Å²) in [6.07, 6.45) is -1.49. The van der Waals surface area contributed by atoms with Crippen LogP contribution in [0.4, 0.5) is 0 Å². The van der Waals surface area contributed by atoms with Gasteiger partial charge in [-0.1, -0.05) is 43.3 Å². The molecule has 1 unspecified atom stereocenters. The van der Waals surface area contributed by atoms with E-state index in [9.17, 15) is 15.3 Å². The Bertz CT molecular complexity index is 1040. The highest BCUT2D eigenvalue weighted by molar-refractivity contribution is 6.18. The van der Waals surface area contributed by atoms with Crippen LogP contribution in [-0.4, -0.2) is 61.6 Å². The first-order valence-corrected chi connectivity index (χ1v) is 11.7. The highest BCUT2D eigenvalue weighted by atomic mass is 35.5. The molecule has 9 heteroatoms. The van der Waals surface area contributed by atoms with E-state index in [-0.39, 0.29) is 37.7 Å². The highest BCUT2D eigenvalue weighted by Gasteiger charge is 2.23. The molecule has 0 saturated carbocycles. The highest BCUT2D eigenvalue weighted by Crippen LogP contribution is 2.33. The lowest BCUT2D eigenvalue weighted by molar-refractivity contribution is 0.0866. The predicted molar refractivity (Wildman–Crippen MR) is 129 cm³/mol. The molecule has 0 saturated heterocycles. The minimum atomic E-state index is -0.797. The number of hydrogen-bond donors (Lipinski definition) is 3. The smallest absolute Gasteiger partial charge is 0.119 e. The second-order valence-electron chi connectivity index (χ2n) is 8.72. The largest absolute Gasteiger partial charge is 0.491 e. The molecule has 34 heavy (non-hydrogen) atoms. The van der Waals surface area contributed by atoms with E-state index in [1.54, 1.807) is 6.92 Å². The Hall–Kier alpha value is -2.65. The Morgan fingerprint density at radius 1 is 0.912 bits per heavy atom. The molecule has 3 rings (SSSR count). The molecule has 8 nitrogen and oxygen atoms in total. The van der Waals surface area contributed by atoms with Crippen molar-refractivity contribution in [2.45, 2.75) is 51.5 Å². The van der Waals surface area contributed by atoms with Gasteiger partial charge in [-0.3, -0.25) is 0 Å². The number of benzene rings is 2. The summed E-state index contributed by atoms with van der Waals surface area (Å²) in [4.78, 5) is 0. The zero-order valence-corrected chi connectivity index (χ0v) is 20.4. The molecule has 0 radical (unpaired) electrons. The fourth-order valence-corrected chi connectivity index (χ4v) is 3.64. The van der Waals surface area contributed by atoms with E-state index in [1.165, 1.54) is 4.68 Å². The number of ether oxygens (including phenoxy) is 2. The van der Waals surface area contributed by atoms with Crippen molar-refractivity contribution >= 4 is 11.6 Å². The van der Waals surface area contributed by atoms with Gasteiger partial charge in [0, 0.05) is 5.41 Å². The SMILES string of the molecule is Cc1nnn(CC(O)COc2ccc(C(C)(C)c3ccc(OC[C@H](O)CCl)cc3)cc2)c1CO. The average molecular weight is 490 g/mol. The molecule has 1 heterocycles. The van der Waals surface area contributed by atoms with Crippen LogP contribution < -0.4 is 9.47 Å². The molecule has 0 aliphatic carbocycles. The minimum absolute atomic E-state index is 0.0897. The Morgan fingerprint density at radius 3 is 1.88 bits per heavy atom. The Labute approximate surface area is 204 Å². The molecule has 0 amide bonds. The Kier molecular flexibility index (Phi) is 8.90. The fourth-order valence-electron chi connectivity index (χ4n) is 3.55. The third-order valence-electron chi connectivity index (χ3n) is 5.78. The molecule has 3 N–H and O–H groups in total. The van der Waals surface area contributed by atoms with Gasteiger partial charge in [0.15, 0.2) is 0 Å². The second-order valence-corrected chi connectivity index (χ2v) is 9.03. The van der Waals surface area contributed by atoms with Gasteiger partial charge in [-0.2, -0.15) is 0 Å². The number of aliphatic hydroxyl groups excluding tert-OH is 3. The molecule has 0 aliphatic rings. The number of aromatic nitrogens is 3. The average Bonchev–Trinajstić information content (AvgIpc) is 3.20. The summed E-state index contributed by atoms with van der Waals surface area (Å²) in [7, 11) is 0. The normalized spacial score (nSPS) is 13.5. The van der Waals surface area contributed by atoms with Crippen molar-refractivity contribution in [2.24, 2.45) is 0 Å². The molecule has 0 bridgehead atoms. The molecular weight excluding hydrogens is 458 g/mol. The first-order valence-electron chi connectivity index (χ1n) is 11.1. The minimum Gasteiger partial charge on any atom is -0.491 e. The Balaban J connectivity index is 1.57. The summed E-state index contributed by atoms with van der Waals surface area (Å²) in [5.41, 5.74) is 3.19. The monoisotopic (exact) mass is 489 g/mol. The summed E-state index contributed by atoms with van der Waals surface area (Å²) in [6.45, 7) is 6.29. The van der Waals surface area contributed by atoms with Gasteiger partial charge in [0.2, 0.25) is 0 Å². The summed E-state index contributed by atoms with van der Waals surface area (Å²) in [5, 5.41) is 37.1. The van der Waals surface area contributed by atoms with Crippen molar-refractivity contribution in [3.05, 3.63) is 71.0 Å². The first-order chi connectivity index (χ1) is 16.2. The van der Waals surface area contributed by atoms with Crippen molar-refractivity contribution in [1.29, 1.82) is 0 Å². The van der Waals surface area contributed by atoms with E-state index in [0.717, 1.165) is 11.1 Å². The van der Waals surface area contributed by atoms with Crippen LogP contribution in [-0.2, 0) is 18.6 Å². The maximum Gasteiger partial charge on any atom is 0.119 e. The van der Waals surface area contributed by atoms with Gasteiger partial charge in [0.25, 0.3) is 0 Å². The van der Waals surface area contributed by atoms with E-state index in [2.05, 4.69) is 24.2 Å². The number of alkyl halides is 1. The van der Waals surface area contributed by atoms with Crippen LogP contribution in [0.5, 0.6) is 11.5 Å². The molecule has 0 fully saturated rings. The fraction of sp³-hybridized carbons (Fsp3) is 0.440. The van der Waals surface area contributed by atoms with Crippen LogP contribution in [0.1, 0.15) is 36.4 Å². The predicted octanol–water partition coefficient (Wildman–Crippen LogP) is 2.82. The summed E-state index contributed by atoms with van der Waals surface area (Å²) < 4.78 is 12.8. The number of rotatable bonds is 12. The van der Waals surface area contributed by atoms with Crippen molar-refractivity contribution in [2.75, 3.05) is 19.1 Å². The van der Waals surface area contributed by atoms with Gasteiger partial charge < -0.3 is 24.8 Å². The first kappa shape index (κ1) is 26.0. The third-order valence-corrected chi connectivity index (χ3v) is 6.14. The van der Waals surface area contributed by atoms with E-state index in [4.69, 9.17) is 21.1 Å². The van der Waals surface area contributed by atoms with Gasteiger partial charge in [-0.25, -0.2) is 4.68 Å². The van der Waals surface area contributed by atoms with Crippen LogP contribution in [0.2, 0.25) is 0 Å². The zero-order valence-electron chi connectivity index (χ0n) is 19.7. The van der Waals surface area contributed by atoms with Crippen LogP contribution in [0.15, 0.2) is 48.5 Å². The van der Waals surface area contributed by atoms with E-state index in [0.29, 0.717) is 22.9 Å². The van der Waals surface area contributed by atoms with Gasteiger partial charge in [0.05, 0.1) is 30.4 Å². The van der Waals surface area contributed by atoms with E-state index in [1.807, 2.05) is 48.5 Å². The van der Waals surface area contributed by atoms with Gasteiger partial charge in [-0.15, -0.1) is 16.7 Å². The third kappa shape index (κ3) is 6.48. The summed E-state index contributed by atoms with van der Waals surface area (Å²) in [5.74, 6) is 1.46. The lowest BCUT2D eigenvalue weighted by Crippen LogP contribution is -2.25. The van der Waals surface area contributed by atoms with Crippen molar-refractivity contribution in [3.63, 3.8) is 0 Å². The maximum atomic E-state index is 10.3. The molecule has 2 aromatic carbocycles. The molecule has 2 atom stereocenters. The van der Waals surface area contributed by atoms with Crippen LogP contribution in [0.25, 0.3) is 0 Å². The number of halogens is 1. The standard InChI is InChI=1S/C25H32ClN3O5/c1-17-24(14-30)29(28-27-17)13-21(32)16-34-23-10-6-19(7-11-23)25(2,3)18-4-8-22(9-5-18)33-15-20(31)12-26/h4-11,20-21,30-32H,12-16H2,1-3H3/t20-,21?/m1/s1. The number of aryl methyl sites for hydroxylation is 1. The number of aliphatic hydroxyl groups is 3. The molecule has 0 aliphatic heterocycles. The molecule has 0 spiro atoms. The van der Waals surface area contributed by atoms with Crippen LogP contribution in [0.3, 0.4) is 0 Å². The molecular formula is C25H32ClN3O5. The quantitative estimate of drug-likeness (QED) is 0.335. The number of nitrogens with zero attached hydrogens (tertiary/aromatic N) is 3. The zero-order chi connectivity index (χ0) is 24.7. The van der Waals surface area contributed by atoms with Gasteiger partial charge >= 0.3 is 0 Å². The van der Waals surface area contributed by atoms with Crippen molar-refractivity contribution in [1.82, 2.24) is 15.0 Å². The lowest BCUT2D eigenvalue weighted by atomic mass is 9.78. The molecule has 1 aromatic heterocycles. The number of hydrogen-bond acceptors (Lipinski definition) is 7. The van der Waals surface area contributed by atoms with Gasteiger partial charge in [-0.05, 0) is 42.3 Å². The molecule has 3 aromatic rings. The maximum absolute atomic E-state index is 10.3.